The van der Waals surface area contributed by atoms with Crippen molar-refractivity contribution in [1.29, 1.82) is 0 Å². The van der Waals surface area contributed by atoms with Crippen molar-refractivity contribution < 1.29 is 13.9 Å². The van der Waals surface area contributed by atoms with Crippen molar-refractivity contribution in [3.8, 4) is 11.5 Å². The topological polar surface area (TPSA) is 38.1 Å². The molecule has 146 valence electrons. The molecule has 0 aliphatic rings. The van der Waals surface area contributed by atoms with Crippen LogP contribution in [0.3, 0.4) is 0 Å². The molecule has 0 aliphatic carbocycles. The second-order valence-electron chi connectivity index (χ2n) is 7.43. The molecule has 0 unspecified atom stereocenters. The predicted molar refractivity (Wildman–Crippen MR) is 111 cm³/mol. The standard InChI is InChI=1S/C22H30N2O3/c1-23(2)11-5-13-25-17-7-9-19-20-10-8-18(26-14-6-12-24(3)4)16-22(20)27-21(19)15-17/h7-10,15-16H,5-6,11-14H2,1-4H3. The van der Waals surface area contributed by atoms with Gasteiger partial charge < -0.3 is 23.7 Å². The van der Waals surface area contributed by atoms with Crippen molar-refractivity contribution >= 4 is 21.9 Å². The van der Waals surface area contributed by atoms with Crippen molar-refractivity contribution in [2.45, 2.75) is 12.8 Å². The number of rotatable bonds is 10. The largest absolute Gasteiger partial charge is 0.493 e. The molecule has 0 N–H and O–H groups in total. The van der Waals surface area contributed by atoms with E-state index in [1.54, 1.807) is 0 Å². The number of ether oxygens (including phenoxy) is 2. The zero-order valence-corrected chi connectivity index (χ0v) is 16.8. The molecule has 2 aromatic carbocycles. The number of fused-ring (bicyclic) bond motifs is 3. The van der Waals surface area contributed by atoms with Crippen LogP contribution in [-0.4, -0.2) is 64.3 Å². The summed E-state index contributed by atoms with van der Waals surface area (Å²) in [4.78, 5) is 4.32. The maximum absolute atomic E-state index is 6.05. The van der Waals surface area contributed by atoms with E-state index < -0.39 is 0 Å². The zero-order chi connectivity index (χ0) is 19.2. The highest BCUT2D eigenvalue weighted by atomic mass is 16.5. The van der Waals surface area contributed by atoms with E-state index in [1.165, 1.54) is 0 Å². The Hall–Kier alpha value is -2.24. The minimum Gasteiger partial charge on any atom is -0.493 e. The Balaban J connectivity index is 1.67. The molecule has 27 heavy (non-hydrogen) atoms. The average molecular weight is 370 g/mol. The molecule has 0 bridgehead atoms. The molecule has 0 saturated carbocycles. The fourth-order valence-electron chi connectivity index (χ4n) is 3.06. The summed E-state index contributed by atoms with van der Waals surface area (Å²) in [6.07, 6.45) is 2.00. The number of hydrogen-bond acceptors (Lipinski definition) is 5. The Kier molecular flexibility index (Phi) is 6.58. The van der Waals surface area contributed by atoms with Gasteiger partial charge in [-0.2, -0.15) is 0 Å². The lowest BCUT2D eigenvalue weighted by Crippen LogP contribution is -2.15. The van der Waals surface area contributed by atoms with Crippen LogP contribution in [0.15, 0.2) is 40.8 Å². The van der Waals surface area contributed by atoms with E-state index in [4.69, 9.17) is 13.9 Å². The second-order valence-corrected chi connectivity index (χ2v) is 7.43. The highest BCUT2D eigenvalue weighted by molar-refractivity contribution is 6.05. The van der Waals surface area contributed by atoms with Gasteiger partial charge in [-0.25, -0.2) is 0 Å². The van der Waals surface area contributed by atoms with Gasteiger partial charge in [0.1, 0.15) is 22.7 Å². The van der Waals surface area contributed by atoms with Crippen LogP contribution in [0.2, 0.25) is 0 Å². The third-order valence-electron chi connectivity index (χ3n) is 4.45. The van der Waals surface area contributed by atoms with E-state index >= 15 is 0 Å². The van der Waals surface area contributed by atoms with Crippen LogP contribution in [0.25, 0.3) is 21.9 Å². The van der Waals surface area contributed by atoms with Crippen LogP contribution >= 0.6 is 0 Å². The van der Waals surface area contributed by atoms with Crippen LogP contribution in [0.1, 0.15) is 12.8 Å². The Labute approximate surface area is 161 Å². The molecule has 5 heteroatoms. The first-order chi connectivity index (χ1) is 13.0. The summed E-state index contributed by atoms with van der Waals surface area (Å²) >= 11 is 0. The van der Waals surface area contributed by atoms with Gasteiger partial charge in [0.2, 0.25) is 0 Å². The van der Waals surface area contributed by atoms with Crippen LogP contribution < -0.4 is 9.47 Å². The van der Waals surface area contributed by atoms with Crippen molar-refractivity contribution in [2.24, 2.45) is 0 Å². The second kappa shape index (κ2) is 9.11. The summed E-state index contributed by atoms with van der Waals surface area (Å²) in [7, 11) is 8.28. The number of furan rings is 1. The Bertz CT molecular complexity index is 800. The van der Waals surface area contributed by atoms with Gasteiger partial charge in [0.15, 0.2) is 0 Å². The van der Waals surface area contributed by atoms with Gasteiger partial charge in [-0.15, -0.1) is 0 Å². The molecule has 0 saturated heterocycles. The van der Waals surface area contributed by atoms with Gasteiger partial charge >= 0.3 is 0 Å². The molecular weight excluding hydrogens is 340 g/mol. The van der Waals surface area contributed by atoms with Crippen LogP contribution in [-0.2, 0) is 0 Å². The van der Waals surface area contributed by atoms with E-state index in [2.05, 4.69) is 50.1 Å². The van der Waals surface area contributed by atoms with Crippen molar-refractivity contribution in [3.05, 3.63) is 36.4 Å². The number of hydrogen-bond donors (Lipinski definition) is 0. The molecule has 0 aliphatic heterocycles. The average Bonchev–Trinajstić information content (AvgIpc) is 2.99. The molecule has 3 rings (SSSR count). The van der Waals surface area contributed by atoms with Crippen molar-refractivity contribution in [1.82, 2.24) is 9.80 Å². The third kappa shape index (κ3) is 5.37. The van der Waals surface area contributed by atoms with E-state index in [9.17, 15) is 0 Å². The minimum atomic E-state index is 0.703. The molecule has 0 fully saturated rings. The highest BCUT2D eigenvalue weighted by Crippen LogP contribution is 2.33. The van der Waals surface area contributed by atoms with Crippen LogP contribution in [0.5, 0.6) is 11.5 Å². The molecule has 3 aromatic rings. The fraction of sp³-hybridized carbons (Fsp3) is 0.455. The maximum atomic E-state index is 6.05. The fourth-order valence-corrected chi connectivity index (χ4v) is 3.06. The van der Waals surface area contributed by atoms with E-state index in [-0.39, 0.29) is 0 Å². The molecule has 0 spiro atoms. The quantitative estimate of drug-likeness (QED) is 0.499. The molecule has 0 radical (unpaired) electrons. The number of nitrogens with zero attached hydrogens (tertiary/aromatic N) is 2. The summed E-state index contributed by atoms with van der Waals surface area (Å²) in [6, 6.07) is 12.1. The lowest BCUT2D eigenvalue weighted by molar-refractivity contribution is 0.281. The van der Waals surface area contributed by atoms with Crippen molar-refractivity contribution in [3.63, 3.8) is 0 Å². The molecular formula is C22H30N2O3. The van der Waals surface area contributed by atoms with Gasteiger partial charge in [-0.3, -0.25) is 0 Å². The van der Waals surface area contributed by atoms with Gasteiger partial charge in [0.05, 0.1) is 13.2 Å². The highest BCUT2D eigenvalue weighted by Gasteiger charge is 2.09. The summed E-state index contributed by atoms with van der Waals surface area (Å²) in [6.45, 7) is 3.44. The van der Waals surface area contributed by atoms with Crippen molar-refractivity contribution in [2.75, 3.05) is 54.5 Å². The maximum Gasteiger partial charge on any atom is 0.139 e. The van der Waals surface area contributed by atoms with E-state index in [0.29, 0.717) is 13.2 Å². The van der Waals surface area contributed by atoms with Crippen LogP contribution in [0.4, 0.5) is 0 Å². The van der Waals surface area contributed by atoms with Gasteiger partial charge in [0, 0.05) is 36.0 Å². The zero-order valence-electron chi connectivity index (χ0n) is 16.8. The molecule has 0 amide bonds. The Morgan fingerprint density at radius 2 is 1.15 bits per heavy atom. The smallest absolute Gasteiger partial charge is 0.139 e. The summed E-state index contributed by atoms with van der Waals surface area (Å²) in [5, 5.41) is 2.20. The molecule has 5 nitrogen and oxygen atoms in total. The van der Waals surface area contributed by atoms with Gasteiger partial charge in [0.25, 0.3) is 0 Å². The predicted octanol–water partition coefficient (Wildman–Crippen LogP) is 4.25. The lowest BCUT2D eigenvalue weighted by atomic mass is 10.1. The molecule has 0 atom stereocenters. The van der Waals surface area contributed by atoms with Gasteiger partial charge in [-0.1, -0.05) is 0 Å². The first-order valence-electron chi connectivity index (χ1n) is 9.54. The summed E-state index contributed by atoms with van der Waals surface area (Å²) < 4.78 is 17.8. The van der Waals surface area contributed by atoms with E-state index in [1.807, 2.05) is 24.3 Å². The molecule has 1 aromatic heterocycles. The monoisotopic (exact) mass is 370 g/mol. The molecule has 1 heterocycles. The first-order valence-corrected chi connectivity index (χ1v) is 9.54. The SMILES string of the molecule is CN(C)CCCOc1ccc2c(c1)oc1cc(OCCCN(C)C)ccc12. The summed E-state index contributed by atoms with van der Waals surface area (Å²) in [5.41, 5.74) is 1.69. The third-order valence-corrected chi connectivity index (χ3v) is 4.45. The lowest BCUT2D eigenvalue weighted by Gasteiger charge is -2.10. The number of benzene rings is 2. The van der Waals surface area contributed by atoms with E-state index in [0.717, 1.165) is 59.4 Å². The normalized spacial score (nSPS) is 11.8. The van der Waals surface area contributed by atoms with Gasteiger partial charge in [-0.05, 0) is 65.3 Å². The Morgan fingerprint density at radius 1 is 0.704 bits per heavy atom. The first kappa shape index (κ1) is 19.5. The summed E-state index contributed by atoms with van der Waals surface area (Å²) in [5.74, 6) is 1.70. The minimum absolute atomic E-state index is 0.703. The van der Waals surface area contributed by atoms with Crippen LogP contribution in [0, 0.1) is 0 Å². The Morgan fingerprint density at radius 3 is 1.56 bits per heavy atom.